The number of carbonyl (C=O) groups excluding carboxylic acids is 1. The number of hydrogen-bond donors (Lipinski definition) is 2. The topological polar surface area (TPSA) is 115 Å². The molecule has 0 aliphatic heterocycles. The number of amides is 1. The van der Waals surface area contributed by atoms with Crippen molar-refractivity contribution in [2.24, 2.45) is 0 Å². The quantitative estimate of drug-likeness (QED) is 0.327. The molecule has 37 heavy (non-hydrogen) atoms. The van der Waals surface area contributed by atoms with Crippen LogP contribution < -0.4 is 10.0 Å². The monoisotopic (exact) mass is 543 g/mol. The van der Waals surface area contributed by atoms with Gasteiger partial charge in [-0.3, -0.25) is 14.5 Å². The van der Waals surface area contributed by atoms with Crippen LogP contribution in [0.1, 0.15) is 34.9 Å². The van der Waals surface area contributed by atoms with Gasteiger partial charge in [0.25, 0.3) is 5.91 Å². The number of aromatic nitrogens is 3. The van der Waals surface area contributed by atoms with Crippen molar-refractivity contribution in [2.75, 3.05) is 18.4 Å². The van der Waals surface area contributed by atoms with Crippen molar-refractivity contribution in [1.82, 2.24) is 19.9 Å². The minimum absolute atomic E-state index is 0.0421. The fourth-order valence-corrected chi connectivity index (χ4v) is 5.51. The summed E-state index contributed by atoms with van der Waals surface area (Å²) in [4.78, 5) is 17.3. The van der Waals surface area contributed by atoms with Crippen molar-refractivity contribution in [3.63, 3.8) is 0 Å². The highest BCUT2D eigenvalue weighted by molar-refractivity contribution is 7.93. The van der Waals surface area contributed by atoms with Crippen LogP contribution in [0.5, 0.6) is 0 Å². The van der Waals surface area contributed by atoms with Crippen molar-refractivity contribution >= 4 is 38.7 Å². The second-order valence-electron chi connectivity index (χ2n) is 8.72. The Kier molecular flexibility index (Phi) is 6.84. The minimum Gasteiger partial charge on any atom is -0.382 e. The predicted molar refractivity (Wildman–Crippen MR) is 137 cm³/mol. The number of fused-ring (bicyclic) bond motifs is 1. The molecule has 1 saturated carbocycles. The Labute approximate surface area is 217 Å². The summed E-state index contributed by atoms with van der Waals surface area (Å²) in [5, 5.41) is 7.12. The van der Waals surface area contributed by atoms with E-state index in [2.05, 4.69) is 20.1 Å². The zero-order valence-corrected chi connectivity index (χ0v) is 21.3. The van der Waals surface area contributed by atoms with Crippen molar-refractivity contribution in [2.45, 2.75) is 24.1 Å². The number of benzene rings is 1. The fourth-order valence-electron chi connectivity index (χ4n) is 3.98. The number of halogens is 2. The first-order chi connectivity index (χ1) is 17.7. The fraction of sp³-hybridized carbons (Fsp3) is 0.240. The Morgan fingerprint density at radius 1 is 1.24 bits per heavy atom. The van der Waals surface area contributed by atoms with Crippen LogP contribution in [0, 0.1) is 5.82 Å². The summed E-state index contributed by atoms with van der Waals surface area (Å²) in [5.74, 6) is -1.38. The molecule has 9 nitrogen and oxygen atoms in total. The lowest BCUT2D eigenvalue weighted by Crippen LogP contribution is -2.32. The highest BCUT2D eigenvalue weighted by Gasteiger charge is 2.35. The number of methoxy groups -OCH3 is 1. The molecule has 3 heterocycles. The van der Waals surface area contributed by atoms with E-state index in [0.717, 1.165) is 0 Å². The van der Waals surface area contributed by atoms with Gasteiger partial charge in [-0.1, -0.05) is 17.7 Å². The van der Waals surface area contributed by atoms with Crippen molar-refractivity contribution in [1.29, 1.82) is 0 Å². The van der Waals surface area contributed by atoms with Crippen LogP contribution in [0.3, 0.4) is 0 Å². The highest BCUT2D eigenvalue weighted by Crippen LogP contribution is 2.30. The van der Waals surface area contributed by atoms with Gasteiger partial charge in [0, 0.05) is 30.1 Å². The van der Waals surface area contributed by atoms with Gasteiger partial charge in [-0.05, 0) is 54.8 Å². The molecule has 1 atom stereocenters. The number of ether oxygens (including phenoxy) is 1. The van der Waals surface area contributed by atoms with Crippen LogP contribution in [0.15, 0.2) is 61.1 Å². The number of anilines is 1. The zero-order valence-electron chi connectivity index (χ0n) is 19.7. The third-order valence-electron chi connectivity index (χ3n) is 6.01. The predicted octanol–water partition coefficient (Wildman–Crippen LogP) is 4.21. The molecule has 3 aromatic heterocycles. The molecule has 2 N–H and O–H groups in total. The summed E-state index contributed by atoms with van der Waals surface area (Å²) in [5.41, 5.74) is 2.44. The van der Waals surface area contributed by atoms with Gasteiger partial charge >= 0.3 is 0 Å². The highest BCUT2D eigenvalue weighted by atomic mass is 35.5. The van der Waals surface area contributed by atoms with Gasteiger partial charge in [-0.2, -0.15) is 5.10 Å². The SMILES string of the molecule is COC[C@@H](NC(=O)c1ccc(-c2cnn3ccc(Cl)cc23)cc1F)c1cc(NS(=O)(=O)C2CC2)ccn1. The maximum atomic E-state index is 15.1. The summed E-state index contributed by atoms with van der Waals surface area (Å²) in [6.07, 6.45) is 6.00. The molecule has 1 aromatic carbocycles. The van der Waals surface area contributed by atoms with Gasteiger partial charge in [0.2, 0.25) is 10.0 Å². The maximum Gasteiger partial charge on any atom is 0.254 e. The largest absolute Gasteiger partial charge is 0.382 e. The van der Waals surface area contributed by atoms with Gasteiger partial charge in [-0.25, -0.2) is 17.3 Å². The van der Waals surface area contributed by atoms with E-state index in [1.165, 1.54) is 37.6 Å². The summed E-state index contributed by atoms with van der Waals surface area (Å²) in [6.45, 7) is 0.0421. The molecule has 5 rings (SSSR count). The second kappa shape index (κ2) is 10.1. The van der Waals surface area contributed by atoms with E-state index in [1.807, 2.05) is 0 Å². The maximum absolute atomic E-state index is 15.1. The summed E-state index contributed by atoms with van der Waals surface area (Å²) in [7, 11) is -2.01. The van der Waals surface area contributed by atoms with Crippen LogP contribution >= 0.6 is 11.6 Å². The van der Waals surface area contributed by atoms with Crippen molar-refractivity contribution < 1.29 is 22.3 Å². The lowest BCUT2D eigenvalue weighted by molar-refractivity contribution is 0.0890. The molecule has 1 aliphatic carbocycles. The lowest BCUT2D eigenvalue weighted by atomic mass is 10.0. The molecular formula is C25H23ClFN5O4S. The van der Waals surface area contributed by atoms with E-state index in [-0.39, 0.29) is 17.4 Å². The van der Waals surface area contributed by atoms with Gasteiger partial charge in [0.1, 0.15) is 5.82 Å². The summed E-state index contributed by atoms with van der Waals surface area (Å²) >= 11 is 6.10. The first-order valence-electron chi connectivity index (χ1n) is 11.5. The molecule has 0 spiro atoms. The summed E-state index contributed by atoms with van der Waals surface area (Å²) < 4.78 is 49.1. The number of nitrogens with zero attached hydrogens (tertiary/aromatic N) is 3. The normalized spacial score (nSPS) is 14.5. The molecule has 1 amide bonds. The molecule has 192 valence electrons. The van der Waals surface area contributed by atoms with E-state index >= 15 is 4.39 Å². The molecule has 4 aromatic rings. The van der Waals surface area contributed by atoms with Gasteiger partial charge in [0.05, 0.1) is 46.6 Å². The van der Waals surface area contributed by atoms with Crippen molar-refractivity contribution in [3.8, 4) is 11.1 Å². The molecular weight excluding hydrogens is 521 g/mol. The standard InChI is InChI=1S/C25H23ClFN5O4S/c1-36-14-23(22-12-17(6-8-28-22)31-37(34,35)18-3-4-18)30-25(33)19-5-2-15(10-21(19)27)20-13-29-32-9-7-16(26)11-24(20)32/h2,5-13,18,23H,3-4,14H2,1H3,(H,28,31)(H,30,33)/t23-/m1/s1. The average molecular weight is 544 g/mol. The van der Waals surface area contributed by atoms with Crippen LogP contribution in [-0.4, -0.2) is 47.9 Å². The first kappa shape index (κ1) is 25.1. The minimum atomic E-state index is -3.46. The molecule has 0 saturated heterocycles. The molecule has 0 bridgehead atoms. The van der Waals surface area contributed by atoms with Gasteiger partial charge in [-0.15, -0.1) is 0 Å². The number of hydrogen-bond acceptors (Lipinski definition) is 6. The third kappa shape index (κ3) is 5.43. The molecule has 0 unspecified atom stereocenters. The van der Waals surface area contributed by atoms with Crippen LogP contribution in [0.4, 0.5) is 10.1 Å². The molecule has 1 fully saturated rings. The number of rotatable bonds is 9. The Balaban J connectivity index is 1.36. The number of pyridine rings is 2. The Bertz CT molecular complexity index is 1590. The van der Waals surface area contributed by atoms with Gasteiger partial charge < -0.3 is 10.1 Å². The van der Waals surface area contributed by atoms with E-state index in [1.54, 1.807) is 35.1 Å². The Morgan fingerprint density at radius 2 is 2.05 bits per heavy atom. The van der Waals surface area contributed by atoms with E-state index in [4.69, 9.17) is 16.3 Å². The molecule has 1 aliphatic rings. The Morgan fingerprint density at radius 3 is 2.78 bits per heavy atom. The van der Waals surface area contributed by atoms with Crippen LogP contribution in [0.25, 0.3) is 16.6 Å². The molecule has 0 radical (unpaired) electrons. The third-order valence-corrected chi connectivity index (χ3v) is 8.11. The number of sulfonamides is 1. The van der Waals surface area contributed by atoms with Crippen molar-refractivity contribution in [3.05, 3.63) is 83.2 Å². The first-order valence-corrected chi connectivity index (χ1v) is 13.4. The van der Waals surface area contributed by atoms with E-state index < -0.39 is 27.8 Å². The summed E-state index contributed by atoms with van der Waals surface area (Å²) in [6, 6.07) is 10.0. The van der Waals surface area contributed by atoms with Gasteiger partial charge in [0.15, 0.2) is 0 Å². The zero-order chi connectivity index (χ0) is 26.2. The Hall–Kier alpha value is -3.54. The number of carbonyl (C=O) groups is 1. The lowest BCUT2D eigenvalue weighted by Gasteiger charge is -2.19. The van der Waals surface area contributed by atoms with E-state index in [9.17, 15) is 13.2 Å². The second-order valence-corrected chi connectivity index (χ2v) is 11.1. The van der Waals surface area contributed by atoms with Crippen LogP contribution in [0.2, 0.25) is 5.02 Å². The van der Waals surface area contributed by atoms with E-state index in [0.29, 0.717) is 45.9 Å². The number of nitrogens with one attached hydrogen (secondary N) is 2. The smallest absolute Gasteiger partial charge is 0.254 e. The molecule has 12 heteroatoms. The van der Waals surface area contributed by atoms with Crippen LogP contribution in [-0.2, 0) is 14.8 Å². The average Bonchev–Trinajstić information content (AvgIpc) is 3.65.